The average Bonchev–Trinajstić information content (AvgIpc) is 3.20. The summed E-state index contributed by atoms with van der Waals surface area (Å²) in [7, 11) is 0. The molecule has 1 amide bonds. The van der Waals surface area contributed by atoms with Crippen molar-refractivity contribution >= 4 is 28.8 Å². The highest BCUT2D eigenvalue weighted by atomic mass is 35.5. The van der Waals surface area contributed by atoms with Gasteiger partial charge < -0.3 is 10.1 Å². The smallest absolute Gasteiger partial charge is 0.261 e. The van der Waals surface area contributed by atoms with E-state index in [0.29, 0.717) is 28.4 Å². The van der Waals surface area contributed by atoms with Crippen molar-refractivity contribution in [2.24, 2.45) is 0 Å². The normalized spacial score (nSPS) is 17.4. The van der Waals surface area contributed by atoms with Crippen LogP contribution in [0.2, 0.25) is 5.02 Å². The average molecular weight is 354 g/mol. The molecule has 0 saturated carbocycles. The maximum atomic E-state index is 13.7. The fraction of sp³-hybridized carbons (Fsp3) is 0.353. The Morgan fingerprint density at radius 3 is 3.00 bits per heavy atom. The van der Waals surface area contributed by atoms with Gasteiger partial charge in [0.2, 0.25) is 0 Å². The summed E-state index contributed by atoms with van der Waals surface area (Å²) < 4.78 is 19.3. The molecular weight excluding hydrogens is 337 g/mol. The summed E-state index contributed by atoms with van der Waals surface area (Å²) in [6, 6.07) is 8.35. The maximum absolute atomic E-state index is 13.7. The number of amides is 1. The molecule has 2 heterocycles. The third-order valence-electron chi connectivity index (χ3n) is 3.82. The van der Waals surface area contributed by atoms with E-state index >= 15 is 0 Å². The Bertz CT molecular complexity index is 677. The summed E-state index contributed by atoms with van der Waals surface area (Å²) >= 11 is 7.43. The molecule has 23 heavy (non-hydrogen) atoms. The maximum Gasteiger partial charge on any atom is 0.261 e. The van der Waals surface area contributed by atoms with Crippen molar-refractivity contribution < 1.29 is 13.9 Å². The van der Waals surface area contributed by atoms with Gasteiger partial charge in [-0.15, -0.1) is 11.3 Å². The molecule has 0 radical (unpaired) electrons. The Hall–Kier alpha value is -1.43. The van der Waals surface area contributed by atoms with Gasteiger partial charge in [-0.3, -0.25) is 4.79 Å². The molecule has 0 unspecified atom stereocenters. The highest BCUT2D eigenvalue weighted by Crippen LogP contribution is 2.33. The van der Waals surface area contributed by atoms with E-state index in [1.807, 2.05) is 12.1 Å². The summed E-state index contributed by atoms with van der Waals surface area (Å²) in [5, 5.41) is 3.20. The van der Waals surface area contributed by atoms with Gasteiger partial charge in [0.15, 0.2) is 0 Å². The number of rotatable bonds is 5. The lowest BCUT2D eigenvalue weighted by Gasteiger charge is -2.07. The van der Waals surface area contributed by atoms with Gasteiger partial charge >= 0.3 is 0 Å². The van der Waals surface area contributed by atoms with Crippen LogP contribution < -0.4 is 5.32 Å². The van der Waals surface area contributed by atoms with Gasteiger partial charge in [0, 0.05) is 28.6 Å². The molecule has 122 valence electrons. The van der Waals surface area contributed by atoms with Crippen LogP contribution in [-0.2, 0) is 11.2 Å². The van der Waals surface area contributed by atoms with Gasteiger partial charge in [-0.1, -0.05) is 17.7 Å². The number of hydrogen-bond acceptors (Lipinski definition) is 3. The lowest BCUT2D eigenvalue weighted by atomic mass is 10.1. The molecule has 3 nitrogen and oxygen atoms in total. The summed E-state index contributed by atoms with van der Waals surface area (Å²) in [5.41, 5.74) is 0.431. The number of thiophene rings is 1. The van der Waals surface area contributed by atoms with E-state index < -0.39 is 0 Å². The van der Waals surface area contributed by atoms with E-state index in [1.54, 1.807) is 12.1 Å². The minimum Gasteiger partial charge on any atom is -0.373 e. The van der Waals surface area contributed by atoms with Crippen LogP contribution in [0.5, 0.6) is 0 Å². The van der Waals surface area contributed by atoms with Gasteiger partial charge in [-0.25, -0.2) is 4.39 Å². The van der Waals surface area contributed by atoms with E-state index in [-0.39, 0.29) is 17.8 Å². The van der Waals surface area contributed by atoms with E-state index in [4.69, 9.17) is 16.3 Å². The minimum absolute atomic E-state index is 0.124. The first-order valence-corrected chi connectivity index (χ1v) is 8.77. The molecule has 0 spiro atoms. The second-order valence-electron chi connectivity index (χ2n) is 5.41. The van der Waals surface area contributed by atoms with Gasteiger partial charge in [0.25, 0.3) is 5.91 Å². The van der Waals surface area contributed by atoms with Crippen molar-refractivity contribution in [2.75, 3.05) is 13.2 Å². The predicted molar refractivity (Wildman–Crippen MR) is 89.7 cm³/mol. The fourth-order valence-corrected chi connectivity index (χ4v) is 3.88. The molecule has 1 saturated heterocycles. The minimum atomic E-state index is -0.344. The highest BCUT2D eigenvalue weighted by Gasteiger charge is 2.20. The van der Waals surface area contributed by atoms with Crippen LogP contribution in [0.1, 0.15) is 39.1 Å². The lowest BCUT2D eigenvalue weighted by molar-refractivity contribution is 0.0958. The molecule has 0 aliphatic carbocycles. The first kappa shape index (κ1) is 16.4. The molecule has 6 heteroatoms. The van der Waals surface area contributed by atoms with Crippen molar-refractivity contribution in [2.45, 2.75) is 25.4 Å². The van der Waals surface area contributed by atoms with Crippen LogP contribution in [0.25, 0.3) is 0 Å². The number of nitrogens with one attached hydrogen (secondary N) is 1. The topological polar surface area (TPSA) is 38.3 Å². The van der Waals surface area contributed by atoms with Gasteiger partial charge in [-0.05, 0) is 43.5 Å². The Kier molecular flexibility index (Phi) is 5.30. The Balaban J connectivity index is 1.55. The Morgan fingerprint density at radius 2 is 2.26 bits per heavy atom. The van der Waals surface area contributed by atoms with Crippen LogP contribution >= 0.6 is 22.9 Å². The number of benzene rings is 1. The highest BCUT2D eigenvalue weighted by molar-refractivity contribution is 7.14. The second-order valence-corrected chi connectivity index (χ2v) is 6.93. The monoisotopic (exact) mass is 353 g/mol. The molecule has 1 N–H and O–H groups in total. The van der Waals surface area contributed by atoms with Crippen molar-refractivity contribution in [3.8, 4) is 0 Å². The summed E-state index contributed by atoms with van der Waals surface area (Å²) in [6.45, 7) is 1.13. The quantitative estimate of drug-likeness (QED) is 0.867. The number of hydrogen-bond donors (Lipinski definition) is 1. The van der Waals surface area contributed by atoms with Crippen LogP contribution in [0.3, 0.4) is 0 Å². The largest absolute Gasteiger partial charge is 0.373 e. The number of carbonyl (C=O) groups is 1. The summed E-state index contributed by atoms with van der Waals surface area (Å²) in [4.78, 5) is 13.9. The SMILES string of the molecule is O=C(NCCc1c(F)cccc1Cl)c1ccc([C@H]2CCCO2)s1. The van der Waals surface area contributed by atoms with Crippen molar-refractivity contribution in [1.82, 2.24) is 5.32 Å². The molecule has 0 bridgehead atoms. The summed E-state index contributed by atoms with van der Waals surface area (Å²) in [5.74, 6) is -0.491. The third kappa shape index (κ3) is 3.91. The van der Waals surface area contributed by atoms with Crippen LogP contribution in [0, 0.1) is 5.82 Å². The van der Waals surface area contributed by atoms with Crippen LogP contribution in [0.4, 0.5) is 4.39 Å². The molecule has 1 aromatic carbocycles. The molecule has 1 fully saturated rings. The zero-order chi connectivity index (χ0) is 16.2. The second kappa shape index (κ2) is 7.43. The molecule has 1 aromatic heterocycles. The van der Waals surface area contributed by atoms with E-state index in [1.165, 1.54) is 17.4 Å². The molecule has 1 atom stereocenters. The number of halogens is 2. The van der Waals surface area contributed by atoms with E-state index in [0.717, 1.165) is 24.3 Å². The van der Waals surface area contributed by atoms with Gasteiger partial charge in [0.05, 0.1) is 11.0 Å². The molecular formula is C17H17ClFNO2S. The molecule has 1 aliphatic heterocycles. The third-order valence-corrected chi connectivity index (χ3v) is 5.35. The molecule has 2 aromatic rings. The number of carbonyl (C=O) groups excluding carboxylic acids is 1. The Morgan fingerprint density at radius 1 is 1.39 bits per heavy atom. The molecule has 1 aliphatic rings. The van der Waals surface area contributed by atoms with Gasteiger partial charge in [0.1, 0.15) is 5.82 Å². The zero-order valence-electron chi connectivity index (χ0n) is 12.5. The van der Waals surface area contributed by atoms with Crippen molar-refractivity contribution in [3.05, 3.63) is 56.5 Å². The lowest BCUT2D eigenvalue weighted by Crippen LogP contribution is -2.25. The predicted octanol–water partition coefficient (Wildman–Crippen LogP) is 4.36. The van der Waals surface area contributed by atoms with Crippen molar-refractivity contribution in [3.63, 3.8) is 0 Å². The fourth-order valence-electron chi connectivity index (χ4n) is 2.61. The van der Waals surface area contributed by atoms with Crippen molar-refractivity contribution in [1.29, 1.82) is 0 Å². The van der Waals surface area contributed by atoms with Gasteiger partial charge in [-0.2, -0.15) is 0 Å². The zero-order valence-corrected chi connectivity index (χ0v) is 14.1. The Labute approximate surface area is 143 Å². The van der Waals surface area contributed by atoms with Crippen LogP contribution in [0.15, 0.2) is 30.3 Å². The first-order chi connectivity index (χ1) is 11.1. The summed E-state index contributed by atoms with van der Waals surface area (Å²) in [6.07, 6.45) is 2.56. The molecule has 3 rings (SSSR count). The van der Waals surface area contributed by atoms with Crippen LogP contribution in [-0.4, -0.2) is 19.1 Å². The van der Waals surface area contributed by atoms with E-state index in [2.05, 4.69) is 5.32 Å². The standard InChI is InChI=1S/C17H17ClFNO2S/c18-12-3-1-4-13(19)11(12)8-9-20-17(21)16-7-6-15(23-16)14-5-2-10-22-14/h1,3-4,6-7,14H,2,5,8-10H2,(H,20,21)/t14-/m1/s1. The van der Waals surface area contributed by atoms with E-state index in [9.17, 15) is 9.18 Å². The first-order valence-electron chi connectivity index (χ1n) is 7.57. The number of ether oxygens (including phenoxy) is 1.